The molecule has 35 heavy (non-hydrogen) atoms. The maximum absolute atomic E-state index is 11.5. The molecule has 2 aromatic carbocycles. The number of esters is 1. The Morgan fingerprint density at radius 2 is 1.46 bits per heavy atom. The SMILES string of the molecule is CCOC(=O)C=CC1CCN(CCOC(c2ccccc2)c2ccccc2)CC1.O=C(O)C(=O)O. The molecule has 0 bridgehead atoms. The average Bonchev–Trinajstić information content (AvgIpc) is 2.87. The van der Waals surface area contributed by atoms with Gasteiger partial charge in [0.1, 0.15) is 6.10 Å². The molecular weight excluding hydrogens is 450 g/mol. The van der Waals surface area contributed by atoms with E-state index in [2.05, 4.69) is 53.4 Å². The number of piperidine rings is 1. The highest BCUT2D eigenvalue weighted by atomic mass is 16.5. The van der Waals surface area contributed by atoms with E-state index in [0.717, 1.165) is 32.5 Å². The van der Waals surface area contributed by atoms with Gasteiger partial charge in [-0.15, -0.1) is 0 Å². The van der Waals surface area contributed by atoms with E-state index in [0.29, 0.717) is 19.1 Å². The highest BCUT2D eigenvalue weighted by Crippen LogP contribution is 2.26. The maximum atomic E-state index is 11.5. The summed E-state index contributed by atoms with van der Waals surface area (Å²) in [7, 11) is 0. The molecule has 1 aliphatic heterocycles. The van der Waals surface area contributed by atoms with Crippen LogP contribution in [-0.2, 0) is 23.9 Å². The van der Waals surface area contributed by atoms with Gasteiger partial charge in [-0.05, 0) is 49.9 Å². The summed E-state index contributed by atoms with van der Waals surface area (Å²) in [6.07, 6.45) is 5.68. The molecule has 2 aromatic rings. The van der Waals surface area contributed by atoms with Crippen LogP contribution >= 0.6 is 0 Å². The molecule has 188 valence electrons. The van der Waals surface area contributed by atoms with Crippen molar-refractivity contribution in [3.05, 3.63) is 83.9 Å². The first-order valence-corrected chi connectivity index (χ1v) is 11.7. The van der Waals surface area contributed by atoms with Gasteiger partial charge < -0.3 is 24.6 Å². The normalized spacial score (nSPS) is 14.3. The fraction of sp³-hybridized carbons (Fsp3) is 0.370. The highest BCUT2D eigenvalue weighted by Gasteiger charge is 2.19. The van der Waals surface area contributed by atoms with Gasteiger partial charge in [-0.1, -0.05) is 66.7 Å². The van der Waals surface area contributed by atoms with Crippen molar-refractivity contribution >= 4 is 17.9 Å². The van der Waals surface area contributed by atoms with E-state index in [1.807, 2.05) is 25.1 Å². The molecule has 0 aliphatic carbocycles. The number of rotatable bonds is 9. The van der Waals surface area contributed by atoms with Crippen molar-refractivity contribution in [3.8, 4) is 0 Å². The quantitative estimate of drug-likeness (QED) is 0.315. The van der Waals surface area contributed by atoms with Crippen molar-refractivity contribution in [2.24, 2.45) is 5.92 Å². The van der Waals surface area contributed by atoms with Gasteiger partial charge >= 0.3 is 17.9 Å². The molecule has 0 amide bonds. The van der Waals surface area contributed by atoms with Crippen LogP contribution in [0.25, 0.3) is 0 Å². The zero-order valence-corrected chi connectivity index (χ0v) is 19.9. The maximum Gasteiger partial charge on any atom is 0.414 e. The molecule has 1 saturated heterocycles. The molecule has 2 N–H and O–H groups in total. The minimum absolute atomic E-state index is 0.0394. The lowest BCUT2D eigenvalue weighted by molar-refractivity contribution is -0.159. The summed E-state index contributed by atoms with van der Waals surface area (Å²) < 4.78 is 11.3. The zero-order chi connectivity index (χ0) is 25.5. The number of allylic oxidation sites excluding steroid dienone is 1. The predicted octanol–water partition coefficient (Wildman–Crippen LogP) is 3.78. The Kier molecular flexibility index (Phi) is 12.2. The molecule has 1 heterocycles. The van der Waals surface area contributed by atoms with Crippen molar-refractivity contribution in [1.29, 1.82) is 0 Å². The summed E-state index contributed by atoms with van der Waals surface area (Å²) in [4.78, 5) is 32.1. The van der Waals surface area contributed by atoms with Crippen molar-refractivity contribution in [3.63, 3.8) is 0 Å². The van der Waals surface area contributed by atoms with Gasteiger partial charge in [0.25, 0.3) is 0 Å². The number of benzene rings is 2. The largest absolute Gasteiger partial charge is 0.473 e. The molecule has 0 unspecified atom stereocenters. The fourth-order valence-electron chi connectivity index (χ4n) is 3.71. The third-order valence-electron chi connectivity index (χ3n) is 5.50. The van der Waals surface area contributed by atoms with Crippen LogP contribution in [0.1, 0.15) is 37.0 Å². The van der Waals surface area contributed by atoms with E-state index >= 15 is 0 Å². The monoisotopic (exact) mass is 483 g/mol. The van der Waals surface area contributed by atoms with Crippen molar-refractivity contribution < 1.29 is 34.1 Å². The van der Waals surface area contributed by atoms with Crippen LogP contribution in [0.3, 0.4) is 0 Å². The van der Waals surface area contributed by atoms with Gasteiger partial charge in [0.2, 0.25) is 0 Å². The lowest BCUT2D eigenvalue weighted by Gasteiger charge is -2.31. The number of carbonyl (C=O) groups is 3. The third-order valence-corrected chi connectivity index (χ3v) is 5.50. The summed E-state index contributed by atoms with van der Waals surface area (Å²) in [6, 6.07) is 20.8. The number of carboxylic acid groups (broad SMARTS) is 2. The number of carbonyl (C=O) groups excluding carboxylic acids is 1. The van der Waals surface area contributed by atoms with E-state index in [1.54, 1.807) is 6.08 Å². The molecular formula is C27H33NO7. The smallest absolute Gasteiger partial charge is 0.414 e. The van der Waals surface area contributed by atoms with E-state index in [-0.39, 0.29) is 12.1 Å². The van der Waals surface area contributed by atoms with Crippen LogP contribution in [0.4, 0.5) is 0 Å². The molecule has 8 nitrogen and oxygen atoms in total. The second-order valence-electron chi connectivity index (χ2n) is 7.97. The Morgan fingerprint density at radius 3 is 1.91 bits per heavy atom. The molecule has 3 rings (SSSR count). The Labute approximate surface area is 205 Å². The Bertz CT molecular complexity index is 887. The van der Waals surface area contributed by atoms with Gasteiger partial charge in [-0.3, -0.25) is 0 Å². The topological polar surface area (TPSA) is 113 Å². The van der Waals surface area contributed by atoms with Gasteiger partial charge in [-0.2, -0.15) is 0 Å². The predicted molar refractivity (Wildman–Crippen MR) is 131 cm³/mol. The fourth-order valence-corrected chi connectivity index (χ4v) is 3.71. The standard InChI is InChI=1S/C25H31NO3.C2H2O4/c1-2-28-24(27)14-13-21-15-17-26(18-16-21)19-20-29-25(22-9-5-3-6-10-22)23-11-7-4-8-12-23;3-1(4)2(5)6/h3-14,21,25H,2,15-20H2,1H3;(H,3,4)(H,5,6). The molecule has 0 spiro atoms. The first-order chi connectivity index (χ1) is 16.9. The van der Waals surface area contributed by atoms with Crippen LogP contribution in [0.5, 0.6) is 0 Å². The number of hydrogen-bond acceptors (Lipinski definition) is 6. The molecule has 8 heteroatoms. The first-order valence-electron chi connectivity index (χ1n) is 11.7. The summed E-state index contributed by atoms with van der Waals surface area (Å²) in [5, 5.41) is 14.8. The van der Waals surface area contributed by atoms with Crippen LogP contribution in [-0.4, -0.2) is 65.9 Å². The minimum atomic E-state index is -1.82. The van der Waals surface area contributed by atoms with Gasteiger partial charge in [-0.25, -0.2) is 14.4 Å². The first kappa shape index (κ1) is 27.8. The van der Waals surface area contributed by atoms with E-state index < -0.39 is 11.9 Å². The Balaban J connectivity index is 0.000000641. The van der Waals surface area contributed by atoms with Crippen LogP contribution in [0.15, 0.2) is 72.8 Å². The van der Waals surface area contributed by atoms with Gasteiger partial charge in [0.15, 0.2) is 0 Å². The highest BCUT2D eigenvalue weighted by molar-refractivity contribution is 6.27. The zero-order valence-electron chi connectivity index (χ0n) is 19.9. The third kappa shape index (κ3) is 10.5. The molecule has 0 aromatic heterocycles. The average molecular weight is 484 g/mol. The minimum Gasteiger partial charge on any atom is -0.473 e. The molecule has 0 radical (unpaired) electrons. The van der Waals surface area contributed by atoms with Crippen LogP contribution in [0.2, 0.25) is 0 Å². The number of aliphatic carboxylic acids is 2. The van der Waals surface area contributed by atoms with Crippen molar-refractivity contribution in [1.82, 2.24) is 4.90 Å². The van der Waals surface area contributed by atoms with Gasteiger partial charge in [0, 0.05) is 12.6 Å². The summed E-state index contributed by atoms with van der Waals surface area (Å²) in [5.74, 6) is -3.43. The van der Waals surface area contributed by atoms with E-state index in [1.165, 1.54) is 11.1 Å². The lowest BCUT2D eigenvalue weighted by atomic mass is 9.96. The number of ether oxygens (including phenoxy) is 2. The second-order valence-corrected chi connectivity index (χ2v) is 7.97. The molecule has 0 atom stereocenters. The molecule has 0 saturated carbocycles. The van der Waals surface area contributed by atoms with Crippen LogP contribution < -0.4 is 0 Å². The molecule has 1 aliphatic rings. The lowest BCUT2D eigenvalue weighted by Crippen LogP contribution is -2.35. The van der Waals surface area contributed by atoms with Crippen LogP contribution in [0, 0.1) is 5.92 Å². The number of hydrogen-bond donors (Lipinski definition) is 2. The second kappa shape index (κ2) is 15.4. The van der Waals surface area contributed by atoms with Crippen molar-refractivity contribution in [2.45, 2.75) is 25.9 Å². The molecule has 1 fully saturated rings. The summed E-state index contributed by atoms with van der Waals surface area (Å²) >= 11 is 0. The summed E-state index contributed by atoms with van der Waals surface area (Å²) in [6.45, 7) is 5.92. The number of likely N-dealkylation sites (tertiary alicyclic amines) is 1. The van der Waals surface area contributed by atoms with E-state index in [4.69, 9.17) is 29.3 Å². The van der Waals surface area contributed by atoms with E-state index in [9.17, 15) is 4.79 Å². The Morgan fingerprint density at radius 1 is 0.943 bits per heavy atom. The van der Waals surface area contributed by atoms with Gasteiger partial charge in [0.05, 0.1) is 13.2 Å². The number of nitrogens with zero attached hydrogens (tertiary/aromatic N) is 1. The summed E-state index contributed by atoms with van der Waals surface area (Å²) in [5.41, 5.74) is 2.36. The Hall–Kier alpha value is -3.49. The van der Waals surface area contributed by atoms with Crippen molar-refractivity contribution in [2.75, 3.05) is 32.8 Å². The number of carboxylic acids is 2.